The summed E-state index contributed by atoms with van der Waals surface area (Å²) in [6.45, 7) is 2.26. The van der Waals surface area contributed by atoms with Gasteiger partial charge >= 0.3 is 202 Å². The summed E-state index contributed by atoms with van der Waals surface area (Å²) < 4.78 is 4.95. The average Bonchev–Trinajstić information content (AvgIpc) is 3.47. The van der Waals surface area contributed by atoms with E-state index >= 15 is 0 Å². The van der Waals surface area contributed by atoms with Gasteiger partial charge in [0, 0.05) is 0 Å². The molecule has 0 atom stereocenters. The van der Waals surface area contributed by atoms with Crippen molar-refractivity contribution in [2.24, 2.45) is 0 Å². The second-order valence-corrected chi connectivity index (χ2v) is 16.7. The van der Waals surface area contributed by atoms with Gasteiger partial charge < -0.3 is 0 Å². The van der Waals surface area contributed by atoms with Crippen molar-refractivity contribution in [3.05, 3.63) is 147 Å². The Balaban J connectivity index is 1.68. The maximum absolute atomic E-state index is 2.66. The van der Waals surface area contributed by atoms with Crippen LogP contribution < -0.4 is 4.16 Å². The summed E-state index contributed by atoms with van der Waals surface area (Å²) in [5.74, 6) is 0. The molecule has 0 spiro atoms. The zero-order valence-corrected chi connectivity index (χ0v) is 22.1. The third-order valence-corrected chi connectivity index (χ3v) is 16.6. The molecule has 0 nitrogen and oxygen atoms in total. The van der Waals surface area contributed by atoms with Crippen molar-refractivity contribution in [2.75, 3.05) is 0 Å². The number of allylic oxidation sites excluding steroid dienone is 4. The predicted molar refractivity (Wildman–Crippen MR) is 137 cm³/mol. The fourth-order valence-corrected chi connectivity index (χ4v) is 15.9. The Hall–Kier alpha value is -3.15. The van der Waals surface area contributed by atoms with E-state index in [0.717, 1.165) is 12.8 Å². The van der Waals surface area contributed by atoms with Gasteiger partial charge in [-0.1, -0.05) is 0 Å². The van der Waals surface area contributed by atoms with Gasteiger partial charge in [0.2, 0.25) is 0 Å². The summed E-state index contributed by atoms with van der Waals surface area (Å²) in [5, 5.41) is 0. The van der Waals surface area contributed by atoms with Crippen LogP contribution in [0, 0.1) is 0 Å². The quantitative estimate of drug-likeness (QED) is 0.245. The van der Waals surface area contributed by atoms with Crippen LogP contribution in [0.5, 0.6) is 0 Å². The van der Waals surface area contributed by atoms with Crippen LogP contribution in [-0.2, 0) is 21.9 Å². The number of hydrogen-bond acceptors (Lipinski definition) is 0. The Morgan fingerprint density at radius 1 is 0.667 bits per heavy atom. The molecule has 156 valence electrons. The van der Waals surface area contributed by atoms with Gasteiger partial charge in [-0.15, -0.1) is 0 Å². The molecule has 0 bridgehead atoms. The summed E-state index contributed by atoms with van der Waals surface area (Å²) in [4.78, 5) is 0. The van der Waals surface area contributed by atoms with Crippen LogP contribution in [0.2, 0.25) is 0 Å². The Bertz CT molecular complexity index is 1400. The monoisotopic (exact) mass is 474 g/mol. The molecule has 0 aliphatic heterocycles. The van der Waals surface area contributed by atoms with Crippen molar-refractivity contribution in [2.45, 2.75) is 19.8 Å². The Kier molecular flexibility index (Phi) is 5.37. The van der Waals surface area contributed by atoms with E-state index in [-0.39, 0.29) is 0 Å². The van der Waals surface area contributed by atoms with Crippen molar-refractivity contribution in [1.29, 1.82) is 0 Å². The van der Waals surface area contributed by atoms with Gasteiger partial charge in [0.05, 0.1) is 0 Å². The number of hydrogen-bond donors (Lipinski definition) is 0. The van der Waals surface area contributed by atoms with E-state index in [1.165, 1.54) is 33.4 Å². The minimum absolute atomic E-state index is 1.06. The number of benzene rings is 4. The first kappa shape index (κ1) is 20.5. The van der Waals surface area contributed by atoms with Crippen molar-refractivity contribution < 1.29 is 15.5 Å². The SMILES string of the molecule is CC1=CC[C]([Zn](=[C](c2ccccc2)c2ccccc2)[c]2cccc3c2Cc2ccccc2-3)=C1. The fraction of sp³-hybridized carbons (Fsp3) is 0.0938. The van der Waals surface area contributed by atoms with Crippen molar-refractivity contribution >= 4 is 8.26 Å². The maximum atomic E-state index is 2.51. The molecule has 4 aromatic rings. The second kappa shape index (κ2) is 8.66. The zero-order valence-electron chi connectivity index (χ0n) is 19.1. The van der Waals surface area contributed by atoms with Crippen LogP contribution in [0.1, 0.15) is 35.6 Å². The van der Waals surface area contributed by atoms with Crippen molar-refractivity contribution in [3.8, 4) is 11.1 Å². The molecule has 2 aliphatic rings. The molecule has 6 rings (SSSR count). The van der Waals surface area contributed by atoms with E-state index in [1.807, 2.05) is 0 Å². The zero-order chi connectivity index (χ0) is 22.2. The summed E-state index contributed by atoms with van der Waals surface area (Å²) in [5.41, 5.74) is 10.1. The standard InChI is InChI=1S/C13H9.C13H10.C6H7.Zn/c1-3-7-12-10(5-1)9-11-6-2-4-8-13(11)12;1-3-7-12(8-4-1)11-13-9-5-2-6-10-13;1-6-4-2-3-5-6;/h1-5,7-8H,9H2;1-10H;4-5H,2H2,1H3;. The summed E-state index contributed by atoms with van der Waals surface area (Å²) in [6, 6.07) is 38.4. The Labute approximate surface area is 201 Å². The summed E-state index contributed by atoms with van der Waals surface area (Å²) in [6.07, 6.45) is 7.09. The summed E-state index contributed by atoms with van der Waals surface area (Å²) >= 11 is -2.66. The Morgan fingerprint density at radius 2 is 1.30 bits per heavy atom. The second-order valence-electron chi connectivity index (χ2n) is 9.47. The van der Waals surface area contributed by atoms with Crippen LogP contribution in [0.3, 0.4) is 0 Å². The molecular weight excluding hydrogens is 450 g/mol. The van der Waals surface area contributed by atoms with Crippen LogP contribution in [-0.4, -0.2) is 4.11 Å². The van der Waals surface area contributed by atoms with Gasteiger partial charge in [-0.3, -0.25) is 0 Å². The van der Waals surface area contributed by atoms with Gasteiger partial charge in [0.25, 0.3) is 0 Å². The van der Waals surface area contributed by atoms with Gasteiger partial charge in [-0.25, -0.2) is 0 Å². The topological polar surface area (TPSA) is 0 Å². The van der Waals surface area contributed by atoms with E-state index in [2.05, 4.69) is 122 Å². The molecule has 1 heteroatoms. The normalized spacial score (nSPS) is 13.5. The molecule has 0 fully saturated rings. The van der Waals surface area contributed by atoms with Crippen LogP contribution >= 0.6 is 0 Å². The Morgan fingerprint density at radius 3 is 1.97 bits per heavy atom. The van der Waals surface area contributed by atoms with Gasteiger partial charge in [-0.2, -0.15) is 0 Å². The third kappa shape index (κ3) is 3.71. The molecule has 0 radical (unpaired) electrons. The molecule has 0 saturated heterocycles. The third-order valence-electron chi connectivity index (χ3n) is 7.50. The average molecular weight is 476 g/mol. The first-order chi connectivity index (χ1) is 16.3. The minimum atomic E-state index is -2.66. The van der Waals surface area contributed by atoms with E-state index in [4.69, 9.17) is 0 Å². The van der Waals surface area contributed by atoms with E-state index < -0.39 is 15.5 Å². The van der Waals surface area contributed by atoms with Crippen LogP contribution in [0.25, 0.3) is 11.1 Å². The van der Waals surface area contributed by atoms with Gasteiger partial charge in [0.1, 0.15) is 0 Å². The molecule has 4 aromatic carbocycles. The molecule has 0 aromatic heterocycles. The molecule has 2 aliphatic carbocycles. The van der Waals surface area contributed by atoms with Gasteiger partial charge in [-0.05, 0) is 0 Å². The van der Waals surface area contributed by atoms with E-state index in [0.29, 0.717) is 0 Å². The number of fused-ring (bicyclic) bond motifs is 3. The van der Waals surface area contributed by atoms with Crippen molar-refractivity contribution in [1.82, 2.24) is 0 Å². The summed E-state index contributed by atoms with van der Waals surface area (Å²) in [7, 11) is 0. The predicted octanol–water partition coefficient (Wildman–Crippen LogP) is 7.00. The molecule has 0 heterocycles. The molecule has 0 N–H and O–H groups in total. The van der Waals surface area contributed by atoms with E-state index in [9.17, 15) is 0 Å². The van der Waals surface area contributed by atoms with E-state index in [1.54, 1.807) is 18.0 Å². The number of rotatable bonds is 4. The van der Waals surface area contributed by atoms with Gasteiger partial charge in [0.15, 0.2) is 0 Å². The molecule has 0 amide bonds. The van der Waals surface area contributed by atoms with Crippen LogP contribution in [0.4, 0.5) is 0 Å². The molecule has 0 unspecified atom stereocenters. The fourth-order valence-electron chi connectivity index (χ4n) is 6.05. The van der Waals surface area contributed by atoms with Crippen molar-refractivity contribution in [3.63, 3.8) is 0 Å². The molecule has 0 saturated carbocycles. The first-order valence-corrected chi connectivity index (χ1v) is 16.5. The molecular formula is C32H26Zn. The first-order valence-electron chi connectivity index (χ1n) is 12.0. The molecule has 33 heavy (non-hydrogen) atoms. The van der Waals surface area contributed by atoms with Crippen LogP contribution in [0.15, 0.2) is 125 Å².